The van der Waals surface area contributed by atoms with E-state index in [9.17, 15) is 18.0 Å². The van der Waals surface area contributed by atoms with E-state index in [1.54, 1.807) is 41.3 Å². The third-order valence-corrected chi connectivity index (χ3v) is 7.17. The van der Waals surface area contributed by atoms with E-state index in [-0.39, 0.29) is 23.1 Å². The highest BCUT2D eigenvalue weighted by molar-refractivity contribution is 7.92. The molecule has 0 spiro atoms. The van der Waals surface area contributed by atoms with Crippen LogP contribution in [0, 0.1) is 0 Å². The smallest absolute Gasteiger partial charge is 0.225 e. The van der Waals surface area contributed by atoms with Crippen LogP contribution in [0.15, 0.2) is 47.4 Å². The maximum atomic E-state index is 12.9. The molecule has 0 saturated heterocycles. The molecule has 0 bridgehead atoms. The van der Waals surface area contributed by atoms with E-state index >= 15 is 0 Å². The van der Waals surface area contributed by atoms with Crippen molar-refractivity contribution in [2.24, 2.45) is 0 Å². The highest BCUT2D eigenvalue weighted by atomic mass is 35.5. The number of nitrogens with one attached hydrogen (secondary N) is 1. The van der Waals surface area contributed by atoms with Gasteiger partial charge >= 0.3 is 0 Å². The second-order valence-electron chi connectivity index (χ2n) is 6.83. The molecule has 1 aliphatic heterocycles. The van der Waals surface area contributed by atoms with E-state index in [0.717, 1.165) is 11.3 Å². The van der Waals surface area contributed by atoms with Crippen molar-refractivity contribution in [1.29, 1.82) is 0 Å². The number of anilines is 2. The monoisotopic (exact) mass is 420 g/mol. The topological polar surface area (TPSA) is 83.6 Å². The second kappa shape index (κ2) is 7.93. The Labute approximate surface area is 169 Å². The van der Waals surface area contributed by atoms with Gasteiger partial charge in [-0.25, -0.2) is 8.42 Å². The molecule has 148 valence electrons. The number of sulfone groups is 1. The van der Waals surface area contributed by atoms with Gasteiger partial charge in [0.25, 0.3) is 0 Å². The van der Waals surface area contributed by atoms with E-state index in [4.69, 9.17) is 11.6 Å². The van der Waals surface area contributed by atoms with Crippen LogP contribution in [-0.2, 0) is 25.8 Å². The first kappa shape index (κ1) is 20.4. The Morgan fingerprint density at radius 3 is 2.50 bits per heavy atom. The average molecular weight is 421 g/mol. The fraction of sp³-hybridized carbons (Fsp3) is 0.300. The van der Waals surface area contributed by atoms with Crippen molar-refractivity contribution in [3.63, 3.8) is 0 Å². The van der Waals surface area contributed by atoms with Crippen LogP contribution < -0.4 is 10.2 Å². The predicted octanol–water partition coefficient (Wildman–Crippen LogP) is 3.44. The number of carbonyl (C=O) groups is 2. The lowest BCUT2D eigenvalue weighted by Crippen LogP contribution is -2.26. The molecular formula is C20H21ClN2O4S. The average Bonchev–Trinajstić information content (AvgIpc) is 3.07. The van der Waals surface area contributed by atoms with Crippen LogP contribution in [-0.4, -0.2) is 32.0 Å². The van der Waals surface area contributed by atoms with E-state index in [1.165, 1.54) is 19.9 Å². The van der Waals surface area contributed by atoms with Gasteiger partial charge < -0.3 is 10.2 Å². The van der Waals surface area contributed by atoms with Gasteiger partial charge in [-0.1, -0.05) is 11.6 Å². The maximum absolute atomic E-state index is 12.9. The van der Waals surface area contributed by atoms with Crippen LogP contribution >= 0.6 is 11.6 Å². The Morgan fingerprint density at radius 1 is 1.18 bits per heavy atom. The Hall–Kier alpha value is -2.38. The summed E-state index contributed by atoms with van der Waals surface area (Å²) in [5.41, 5.74) is 2.13. The third-order valence-electron chi connectivity index (χ3n) is 4.79. The number of hydrogen-bond donors (Lipinski definition) is 1. The van der Waals surface area contributed by atoms with Gasteiger partial charge in [0.1, 0.15) is 0 Å². The van der Waals surface area contributed by atoms with Gasteiger partial charge in [0, 0.05) is 36.3 Å². The van der Waals surface area contributed by atoms with Crippen LogP contribution in [0.5, 0.6) is 0 Å². The quantitative estimate of drug-likeness (QED) is 0.803. The van der Waals surface area contributed by atoms with E-state index < -0.39 is 15.1 Å². The molecule has 1 N–H and O–H groups in total. The van der Waals surface area contributed by atoms with Crippen molar-refractivity contribution in [2.75, 3.05) is 16.8 Å². The summed E-state index contributed by atoms with van der Waals surface area (Å²) in [4.78, 5) is 25.7. The molecule has 0 aromatic heterocycles. The first-order valence-corrected chi connectivity index (χ1v) is 10.8. The molecule has 0 saturated carbocycles. The number of fused-ring (bicyclic) bond motifs is 1. The van der Waals surface area contributed by atoms with Gasteiger partial charge in [0.15, 0.2) is 9.84 Å². The number of carbonyl (C=O) groups excluding carboxylic acids is 2. The Bertz CT molecular complexity index is 1020. The summed E-state index contributed by atoms with van der Waals surface area (Å²) in [6, 6.07) is 11.4. The number of hydrogen-bond acceptors (Lipinski definition) is 4. The summed E-state index contributed by atoms with van der Waals surface area (Å²) in [5, 5.41) is 2.34. The minimum Gasteiger partial charge on any atom is -0.326 e. The van der Waals surface area contributed by atoms with Crippen molar-refractivity contribution in [3.8, 4) is 0 Å². The van der Waals surface area contributed by atoms with E-state index in [2.05, 4.69) is 5.32 Å². The molecule has 1 aliphatic rings. The molecule has 0 fully saturated rings. The number of nitrogens with zero attached hydrogens (tertiary/aromatic N) is 1. The number of amides is 2. The standard InChI is InChI=1S/C20H21ClN2O4S/c1-13(11-20(25)22-17-5-3-16(21)4-6-17)28(26,27)18-7-8-19-15(12-18)9-10-23(19)14(2)24/h3-8,12-13H,9-11H2,1-2H3,(H,22,25). The first-order valence-electron chi connectivity index (χ1n) is 8.89. The van der Waals surface area contributed by atoms with Crippen LogP contribution in [0.3, 0.4) is 0 Å². The van der Waals surface area contributed by atoms with Crippen molar-refractivity contribution < 1.29 is 18.0 Å². The molecule has 0 aliphatic carbocycles. The van der Waals surface area contributed by atoms with Gasteiger partial charge in [-0.15, -0.1) is 0 Å². The lowest BCUT2D eigenvalue weighted by molar-refractivity contribution is -0.117. The minimum absolute atomic E-state index is 0.0680. The molecule has 1 unspecified atom stereocenters. The molecule has 3 rings (SSSR count). The molecule has 1 heterocycles. The third kappa shape index (κ3) is 4.20. The van der Waals surface area contributed by atoms with Crippen LogP contribution in [0.2, 0.25) is 5.02 Å². The lowest BCUT2D eigenvalue weighted by Gasteiger charge is -2.16. The first-order chi connectivity index (χ1) is 13.2. The highest BCUT2D eigenvalue weighted by Crippen LogP contribution is 2.31. The van der Waals surface area contributed by atoms with Crippen LogP contribution in [0.4, 0.5) is 11.4 Å². The molecule has 0 radical (unpaired) electrons. The number of halogens is 1. The van der Waals surface area contributed by atoms with Gasteiger partial charge in [-0.3, -0.25) is 9.59 Å². The normalized spacial score (nSPS) is 14.5. The summed E-state index contributed by atoms with van der Waals surface area (Å²) in [7, 11) is -3.68. The SMILES string of the molecule is CC(=O)N1CCc2cc(S(=O)(=O)C(C)CC(=O)Nc3ccc(Cl)cc3)ccc21. The summed E-state index contributed by atoms with van der Waals surface area (Å²) in [6.45, 7) is 3.56. The molecule has 28 heavy (non-hydrogen) atoms. The summed E-state index contributed by atoms with van der Waals surface area (Å²) < 4.78 is 25.8. The Morgan fingerprint density at radius 2 is 1.86 bits per heavy atom. The minimum atomic E-state index is -3.68. The largest absolute Gasteiger partial charge is 0.326 e. The van der Waals surface area contributed by atoms with E-state index in [0.29, 0.717) is 23.7 Å². The molecule has 1 atom stereocenters. The summed E-state index contributed by atoms with van der Waals surface area (Å²) >= 11 is 5.81. The van der Waals surface area contributed by atoms with Crippen molar-refractivity contribution in [2.45, 2.75) is 36.8 Å². The zero-order chi connectivity index (χ0) is 20.5. The number of rotatable bonds is 5. The number of benzene rings is 2. The second-order valence-corrected chi connectivity index (χ2v) is 9.63. The molecule has 2 aromatic carbocycles. The predicted molar refractivity (Wildman–Crippen MR) is 110 cm³/mol. The fourth-order valence-corrected chi connectivity index (χ4v) is 4.76. The fourth-order valence-electron chi connectivity index (χ4n) is 3.23. The van der Waals surface area contributed by atoms with Gasteiger partial charge in [0.05, 0.1) is 10.1 Å². The van der Waals surface area contributed by atoms with Gasteiger partial charge in [0.2, 0.25) is 11.8 Å². The van der Waals surface area contributed by atoms with Crippen LogP contribution in [0.25, 0.3) is 0 Å². The van der Waals surface area contributed by atoms with Gasteiger partial charge in [-0.05, 0) is 61.4 Å². The van der Waals surface area contributed by atoms with Crippen molar-refractivity contribution >= 4 is 44.6 Å². The highest BCUT2D eigenvalue weighted by Gasteiger charge is 2.29. The zero-order valence-corrected chi connectivity index (χ0v) is 17.2. The van der Waals surface area contributed by atoms with Crippen molar-refractivity contribution in [1.82, 2.24) is 0 Å². The van der Waals surface area contributed by atoms with E-state index in [1.807, 2.05) is 0 Å². The molecule has 2 aromatic rings. The molecular weight excluding hydrogens is 400 g/mol. The molecule has 2 amide bonds. The lowest BCUT2D eigenvalue weighted by atomic mass is 10.2. The van der Waals surface area contributed by atoms with Crippen LogP contribution in [0.1, 0.15) is 25.8 Å². The zero-order valence-electron chi connectivity index (χ0n) is 15.6. The maximum Gasteiger partial charge on any atom is 0.225 e. The Balaban J connectivity index is 1.72. The van der Waals surface area contributed by atoms with Gasteiger partial charge in [-0.2, -0.15) is 0 Å². The Kier molecular flexibility index (Phi) is 5.76. The molecule has 6 nitrogen and oxygen atoms in total. The summed E-state index contributed by atoms with van der Waals surface area (Å²) in [5.74, 6) is -0.455. The van der Waals surface area contributed by atoms with Crippen molar-refractivity contribution in [3.05, 3.63) is 53.1 Å². The molecule has 8 heteroatoms. The summed E-state index contributed by atoms with van der Waals surface area (Å²) in [6.07, 6.45) is 0.450.